The average Bonchev–Trinajstić information content (AvgIpc) is 2.86. The quantitative estimate of drug-likeness (QED) is 0.797. The van der Waals surface area contributed by atoms with Crippen molar-refractivity contribution in [2.75, 3.05) is 5.73 Å². The molecule has 0 unspecified atom stereocenters. The van der Waals surface area contributed by atoms with E-state index in [1.165, 1.54) is 18.4 Å². The number of halogens is 1. The molecule has 0 aliphatic heterocycles. The van der Waals surface area contributed by atoms with Gasteiger partial charge >= 0.3 is 0 Å². The zero-order valence-electron chi connectivity index (χ0n) is 7.39. The van der Waals surface area contributed by atoms with E-state index in [0.717, 1.165) is 22.7 Å². The van der Waals surface area contributed by atoms with Crippen LogP contribution < -0.4 is 11.1 Å². The van der Waals surface area contributed by atoms with Crippen LogP contribution in [-0.4, -0.2) is 6.04 Å². The van der Waals surface area contributed by atoms with E-state index in [2.05, 4.69) is 27.3 Å². The van der Waals surface area contributed by atoms with Crippen molar-refractivity contribution in [2.24, 2.45) is 0 Å². The fourth-order valence-electron chi connectivity index (χ4n) is 1.25. The van der Waals surface area contributed by atoms with Gasteiger partial charge in [-0.15, -0.1) is 0 Å². The lowest BCUT2D eigenvalue weighted by atomic mass is 10.2. The Labute approximate surface area is 86.6 Å². The number of hydrogen-bond donors (Lipinski definition) is 2. The summed E-state index contributed by atoms with van der Waals surface area (Å²) in [5.41, 5.74) is 7.73. The van der Waals surface area contributed by atoms with Crippen molar-refractivity contribution in [1.29, 1.82) is 0 Å². The van der Waals surface area contributed by atoms with E-state index >= 15 is 0 Å². The van der Waals surface area contributed by atoms with E-state index < -0.39 is 0 Å². The highest BCUT2D eigenvalue weighted by Gasteiger charge is 2.20. The van der Waals surface area contributed by atoms with Gasteiger partial charge in [0.2, 0.25) is 0 Å². The molecule has 0 radical (unpaired) electrons. The van der Waals surface area contributed by atoms with Crippen molar-refractivity contribution in [3.63, 3.8) is 0 Å². The Hall–Kier alpha value is -0.540. The topological polar surface area (TPSA) is 38.0 Å². The predicted molar refractivity (Wildman–Crippen MR) is 58.4 cm³/mol. The molecule has 2 rings (SSSR count). The van der Waals surface area contributed by atoms with Gasteiger partial charge < -0.3 is 11.1 Å². The number of nitrogens with two attached hydrogens (primary N) is 1. The van der Waals surface area contributed by atoms with Crippen LogP contribution in [0.4, 0.5) is 5.69 Å². The Morgan fingerprint density at radius 3 is 2.85 bits per heavy atom. The van der Waals surface area contributed by atoms with E-state index in [-0.39, 0.29) is 0 Å². The van der Waals surface area contributed by atoms with Gasteiger partial charge in [0.15, 0.2) is 0 Å². The summed E-state index contributed by atoms with van der Waals surface area (Å²) in [5.74, 6) is 0. The molecule has 0 bridgehead atoms. The number of anilines is 1. The van der Waals surface area contributed by atoms with Crippen molar-refractivity contribution in [3.05, 3.63) is 28.2 Å². The lowest BCUT2D eigenvalue weighted by Gasteiger charge is -2.06. The molecule has 1 fully saturated rings. The summed E-state index contributed by atoms with van der Waals surface area (Å²) in [6.07, 6.45) is 2.65. The van der Waals surface area contributed by atoms with Gasteiger partial charge in [-0.1, -0.05) is 22.0 Å². The van der Waals surface area contributed by atoms with E-state index in [1.807, 2.05) is 12.1 Å². The van der Waals surface area contributed by atoms with E-state index in [1.54, 1.807) is 0 Å². The summed E-state index contributed by atoms with van der Waals surface area (Å²) in [6, 6.07) is 6.71. The zero-order valence-corrected chi connectivity index (χ0v) is 8.97. The highest BCUT2D eigenvalue weighted by Crippen LogP contribution is 2.23. The first kappa shape index (κ1) is 9.03. The molecule has 0 aromatic heterocycles. The van der Waals surface area contributed by atoms with Crippen LogP contribution in [0.25, 0.3) is 0 Å². The van der Waals surface area contributed by atoms with Crippen molar-refractivity contribution < 1.29 is 0 Å². The van der Waals surface area contributed by atoms with Crippen molar-refractivity contribution >= 4 is 21.6 Å². The third-order valence-corrected chi connectivity index (χ3v) is 2.97. The molecule has 1 aromatic rings. The van der Waals surface area contributed by atoms with Crippen LogP contribution in [-0.2, 0) is 6.54 Å². The second-order valence-electron chi connectivity index (χ2n) is 3.51. The van der Waals surface area contributed by atoms with Crippen molar-refractivity contribution in [2.45, 2.75) is 25.4 Å². The molecule has 0 atom stereocenters. The lowest BCUT2D eigenvalue weighted by molar-refractivity contribution is 0.686. The molecule has 13 heavy (non-hydrogen) atoms. The summed E-state index contributed by atoms with van der Waals surface area (Å²) in [6.45, 7) is 0.936. The molecular weight excluding hydrogens is 228 g/mol. The van der Waals surface area contributed by atoms with E-state index in [4.69, 9.17) is 5.73 Å². The van der Waals surface area contributed by atoms with Gasteiger partial charge in [0.05, 0.1) is 0 Å². The smallest absolute Gasteiger partial charge is 0.0325 e. The maximum Gasteiger partial charge on any atom is 0.0325 e. The molecule has 0 heterocycles. The second kappa shape index (κ2) is 3.68. The van der Waals surface area contributed by atoms with E-state index in [9.17, 15) is 0 Å². The molecule has 3 heteroatoms. The van der Waals surface area contributed by atoms with Gasteiger partial charge in [-0.3, -0.25) is 0 Å². The largest absolute Gasteiger partial charge is 0.399 e. The molecule has 0 saturated heterocycles. The molecule has 0 amide bonds. The first-order valence-corrected chi connectivity index (χ1v) is 5.32. The summed E-state index contributed by atoms with van der Waals surface area (Å²) in [7, 11) is 0. The molecular formula is C10H13BrN2. The maximum atomic E-state index is 5.65. The van der Waals surface area contributed by atoms with Crippen LogP contribution in [0.3, 0.4) is 0 Å². The predicted octanol–water partition coefficient (Wildman–Crippen LogP) is 2.28. The number of rotatable bonds is 3. The normalized spacial score (nSPS) is 16.1. The molecule has 0 spiro atoms. The van der Waals surface area contributed by atoms with Gasteiger partial charge in [0, 0.05) is 22.7 Å². The Morgan fingerprint density at radius 2 is 2.23 bits per heavy atom. The Morgan fingerprint density at radius 1 is 1.46 bits per heavy atom. The summed E-state index contributed by atoms with van der Waals surface area (Å²) >= 11 is 3.50. The third kappa shape index (κ3) is 2.45. The average molecular weight is 241 g/mol. The third-order valence-electron chi connectivity index (χ3n) is 2.24. The van der Waals surface area contributed by atoms with Gasteiger partial charge in [0.1, 0.15) is 0 Å². The Bertz CT molecular complexity index is 308. The highest BCUT2D eigenvalue weighted by atomic mass is 79.9. The first-order valence-electron chi connectivity index (χ1n) is 4.53. The standard InChI is InChI=1S/C10H13BrN2/c11-10-5-8(12)2-1-7(10)6-13-9-3-4-9/h1-2,5,9,13H,3-4,6,12H2. The van der Waals surface area contributed by atoms with Crippen LogP contribution in [0.15, 0.2) is 22.7 Å². The van der Waals surface area contributed by atoms with Gasteiger partial charge in [-0.05, 0) is 30.5 Å². The molecule has 70 valence electrons. The minimum Gasteiger partial charge on any atom is -0.399 e. The fraction of sp³-hybridized carbons (Fsp3) is 0.400. The molecule has 3 N–H and O–H groups in total. The van der Waals surface area contributed by atoms with Crippen LogP contribution in [0.2, 0.25) is 0 Å². The minimum atomic E-state index is 0.754. The maximum absolute atomic E-state index is 5.65. The zero-order chi connectivity index (χ0) is 9.26. The molecule has 2 nitrogen and oxygen atoms in total. The Kier molecular flexibility index (Phi) is 2.56. The highest BCUT2D eigenvalue weighted by molar-refractivity contribution is 9.10. The fourth-order valence-corrected chi connectivity index (χ4v) is 1.79. The molecule has 1 aliphatic rings. The lowest BCUT2D eigenvalue weighted by Crippen LogP contribution is -2.15. The van der Waals surface area contributed by atoms with Crippen LogP contribution in [0, 0.1) is 0 Å². The van der Waals surface area contributed by atoms with Crippen molar-refractivity contribution in [3.8, 4) is 0 Å². The molecule has 1 saturated carbocycles. The molecule has 1 aromatic carbocycles. The van der Waals surface area contributed by atoms with Gasteiger partial charge in [-0.2, -0.15) is 0 Å². The summed E-state index contributed by atoms with van der Waals surface area (Å²) in [4.78, 5) is 0. The van der Waals surface area contributed by atoms with Gasteiger partial charge in [0.25, 0.3) is 0 Å². The number of benzene rings is 1. The summed E-state index contributed by atoms with van der Waals surface area (Å²) < 4.78 is 1.10. The molecule has 1 aliphatic carbocycles. The summed E-state index contributed by atoms with van der Waals surface area (Å²) in [5, 5.41) is 3.46. The number of nitrogen functional groups attached to an aromatic ring is 1. The SMILES string of the molecule is Nc1ccc(CNC2CC2)c(Br)c1. The van der Waals surface area contributed by atoms with E-state index in [0.29, 0.717) is 0 Å². The minimum absolute atomic E-state index is 0.754. The van der Waals surface area contributed by atoms with Crippen molar-refractivity contribution in [1.82, 2.24) is 5.32 Å². The number of nitrogens with one attached hydrogen (secondary N) is 1. The van der Waals surface area contributed by atoms with Crippen LogP contribution in [0.5, 0.6) is 0 Å². The van der Waals surface area contributed by atoms with Crippen LogP contribution >= 0.6 is 15.9 Å². The van der Waals surface area contributed by atoms with Gasteiger partial charge in [-0.25, -0.2) is 0 Å². The number of hydrogen-bond acceptors (Lipinski definition) is 2. The Balaban J connectivity index is 2.01. The first-order chi connectivity index (χ1) is 6.25. The second-order valence-corrected chi connectivity index (χ2v) is 4.36. The monoisotopic (exact) mass is 240 g/mol. The van der Waals surface area contributed by atoms with Crippen LogP contribution in [0.1, 0.15) is 18.4 Å².